The van der Waals surface area contributed by atoms with Gasteiger partial charge in [-0.3, -0.25) is 0 Å². The Kier molecular flexibility index (Phi) is 5.81. The maximum Gasteiger partial charge on any atom is 0.162 e. The lowest BCUT2D eigenvalue weighted by Gasteiger charge is -2.11. The van der Waals surface area contributed by atoms with Gasteiger partial charge in [-0.1, -0.05) is 72.4 Å². The van der Waals surface area contributed by atoms with Crippen molar-refractivity contribution in [3.05, 3.63) is 71.4 Å². The second-order valence-electron chi connectivity index (χ2n) is 8.35. The first-order valence-corrected chi connectivity index (χ1v) is 11.6. The molecule has 1 aliphatic rings. The fourth-order valence-corrected chi connectivity index (χ4v) is 4.92. The number of hydrogen-bond donors (Lipinski definition) is 1. The maximum atomic E-state index is 5.92. The molecular weight excluding hydrogens is 416 g/mol. The van der Waals surface area contributed by atoms with Crippen LogP contribution in [-0.4, -0.2) is 39.4 Å². The number of thiocarbonyl (C=S) groups is 1. The molecule has 2 aromatic heterocycles. The molecule has 0 amide bonds. The van der Waals surface area contributed by atoms with E-state index in [2.05, 4.69) is 69.9 Å². The second-order valence-corrected chi connectivity index (χ2v) is 8.76. The average Bonchev–Trinajstić information content (AvgIpc) is 3.23. The molecule has 6 heteroatoms. The smallest absolute Gasteiger partial charge is 0.162 e. The minimum atomic E-state index is 0.602. The Labute approximate surface area is 194 Å². The first-order valence-electron chi connectivity index (χ1n) is 11.2. The highest BCUT2D eigenvalue weighted by molar-refractivity contribution is 7.80. The van der Waals surface area contributed by atoms with Gasteiger partial charge in [0.1, 0.15) is 16.3 Å². The van der Waals surface area contributed by atoms with Crippen LogP contribution in [0.3, 0.4) is 0 Å². The van der Waals surface area contributed by atoms with Crippen LogP contribution in [0.4, 0.5) is 0 Å². The lowest BCUT2D eigenvalue weighted by molar-refractivity contribution is 0.204. The van der Waals surface area contributed by atoms with E-state index in [1.807, 2.05) is 6.07 Å². The van der Waals surface area contributed by atoms with E-state index in [-0.39, 0.29) is 0 Å². The van der Waals surface area contributed by atoms with Gasteiger partial charge in [-0.05, 0) is 31.7 Å². The number of ether oxygens (including phenoxy) is 1. The third-order valence-corrected chi connectivity index (χ3v) is 6.50. The minimum Gasteiger partial charge on any atom is -0.383 e. The van der Waals surface area contributed by atoms with E-state index >= 15 is 0 Å². The van der Waals surface area contributed by atoms with Gasteiger partial charge < -0.3 is 14.6 Å². The molecule has 5 nitrogen and oxygen atoms in total. The van der Waals surface area contributed by atoms with E-state index in [0.29, 0.717) is 18.1 Å². The number of aromatic nitrogens is 3. The number of hydrogen-bond acceptors (Lipinski definition) is 3. The van der Waals surface area contributed by atoms with E-state index in [4.69, 9.17) is 22.1 Å². The van der Waals surface area contributed by atoms with Gasteiger partial charge in [0, 0.05) is 36.9 Å². The zero-order valence-corrected chi connectivity index (χ0v) is 19.4. The van der Waals surface area contributed by atoms with E-state index in [1.54, 1.807) is 7.11 Å². The van der Waals surface area contributed by atoms with Gasteiger partial charge in [-0.2, -0.15) is 0 Å². The van der Waals surface area contributed by atoms with E-state index in [1.165, 1.54) is 27.9 Å². The van der Waals surface area contributed by atoms with Gasteiger partial charge in [0.25, 0.3) is 0 Å². The molecule has 3 heterocycles. The monoisotopic (exact) mass is 444 g/mol. The Morgan fingerprint density at radius 3 is 2.59 bits per heavy atom. The maximum absolute atomic E-state index is 5.92. The molecule has 0 aliphatic carbocycles. The topological polar surface area (TPSA) is 43.5 Å². The lowest BCUT2D eigenvalue weighted by Crippen LogP contribution is -2.27. The van der Waals surface area contributed by atoms with E-state index in [9.17, 15) is 0 Å². The number of aryl methyl sites for hydroxylation is 3. The van der Waals surface area contributed by atoms with Crippen LogP contribution in [0.5, 0.6) is 0 Å². The van der Waals surface area contributed by atoms with Crippen LogP contribution >= 0.6 is 12.2 Å². The van der Waals surface area contributed by atoms with Gasteiger partial charge in [0.15, 0.2) is 5.82 Å². The van der Waals surface area contributed by atoms with Crippen LogP contribution in [0.2, 0.25) is 0 Å². The van der Waals surface area contributed by atoms with Crippen LogP contribution < -0.4 is 5.32 Å². The summed E-state index contributed by atoms with van der Waals surface area (Å²) in [5.41, 5.74) is 8.26. The number of nitrogens with one attached hydrogen (secondary N) is 1. The second kappa shape index (κ2) is 8.88. The third-order valence-electron chi connectivity index (χ3n) is 6.16. The summed E-state index contributed by atoms with van der Waals surface area (Å²) in [6.45, 7) is 4.35. The van der Waals surface area contributed by atoms with Gasteiger partial charge in [0.05, 0.1) is 6.61 Å². The summed E-state index contributed by atoms with van der Waals surface area (Å²) in [4.78, 5) is 0.712. The van der Waals surface area contributed by atoms with Crippen LogP contribution in [0.1, 0.15) is 29.7 Å². The molecule has 4 aromatic rings. The van der Waals surface area contributed by atoms with E-state index in [0.717, 1.165) is 42.9 Å². The fourth-order valence-electron chi connectivity index (χ4n) is 4.63. The number of rotatable bonds is 6. The average molecular weight is 445 g/mol. The van der Waals surface area contributed by atoms with Crippen LogP contribution in [0, 0.1) is 6.92 Å². The quantitative estimate of drug-likeness (QED) is 0.335. The Balaban J connectivity index is 1.77. The first-order chi connectivity index (χ1) is 15.7. The highest BCUT2D eigenvalue weighted by Gasteiger charge is 2.29. The van der Waals surface area contributed by atoms with Gasteiger partial charge in [-0.25, -0.2) is 4.52 Å². The molecule has 164 valence electrons. The zero-order valence-electron chi connectivity index (χ0n) is 18.6. The summed E-state index contributed by atoms with van der Waals surface area (Å²) >= 11 is 5.92. The molecular formula is C26H28N4OS. The van der Waals surface area contributed by atoms with Gasteiger partial charge >= 0.3 is 0 Å². The molecule has 0 fully saturated rings. The molecule has 0 atom stereocenters. The van der Waals surface area contributed by atoms with Crippen molar-refractivity contribution in [3.8, 4) is 22.5 Å². The number of methoxy groups -OCH3 is 1. The van der Waals surface area contributed by atoms with E-state index < -0.39 is 0 Å². The minimum absolute atomic E-state index is 0.602. The van der Waals surface area contributed by atoms with Crippen LogP contribution in [-0.2, 0) is 17.7 Å². The predicted molar refractivity (Wildman–Crippen MR) is 133 cm³/mol. The molecule has 2 aromatic carbocycles. The molecule has 0 saturated heterocycles. The summed E-state index contributed by atoms with van der Waals surface area (Å²) in [6, 6.07) is 19.2. The molecule has 0 radical (unpaired) electrons. The Hall–Kier alpha value is -2.96. The van der Waals surface area contributed by atoms with Crippen molar-refractivity contribution in [1.29, 1.82) is 0 Å². The highest BCUT2D eigenvalue weighted by atomic mass is 32.1. The van der Waals surface area contributed by atoms with Crippen molar-refractivity contribution < 1.29 is 4.74 Å². The normalized spacial score (nSPS) is 13.3. The van der Waals surface area contributed by atoms with Crippen molar-refractivity contribution in [2.75, 3.05) is 20.3 Å². The standard InChI is InChI=1S/C26H28N4OS/c1-18-11-13-19(14-12-18)22-21-10-6-7-16-29-24(20-8-4-3-5-9-20)28-30(26(21)29)23(22)25(32)27-15-17-31-2/h3-5,8-9,11-14H,6-7,10,15-17H2,1-2H3,(H,27,32). The van der Waals surface area contributed by atoms with Gasteiger partial charge in [-0.15, -0.1) is 5.10 Å². The molecule has 0 bridgehead atoms. The molecule has 1 N–H and O–H groups in total. The molecule has 0 unspecified atom stereocenters. The third kappa shape index (κ3) is 3.63. The van der Waals surface area contributed by atoms with Crippen molar-refractivity contribution in [2.24, 2.45) is 0 Å². The van der Waals surface area contributed by atoms with Crippen LogP contribution in [0.15, 0.2) is 54.6 Å². The molecule has 0 spiro atoms. The summed E-state index contributed by atoms with van der Waals surface area (Å²) < 4.78 is 9.70. The molecule has 0 saturated carbocycles. The fraction of sp³-hybridized carbons (Fsp3) is 0.308. The zero-order chi connectivity index (χ0) is 22.1. The first kappa shape index (κ1) is 20.9. The van der Waals surface area contributed by atoms with Crippen molar-refractivity contribution >= 4 is 22.9 Å². The number of benzene rings is 2. The Morgan fingerprint density at radius 2 is 1.84 bits per heavy atom. The predicted octanol–water partition coefficient (Wildman–Crippen LogP) is 5.03. The molecule has 32 heavy (non-hydrogen) atoms. The van der Waals surface area contributed by atoms with Crippen molar-refractivity contribution in [2.45, 2.75) is 32.7 Å². The molecule has 1 aliphatic heterocycles. The largest absolute Gasteiger partial charge is 0.383 e. The summed E-state index contributed by atoms with van der Waals surface area (Å²) in [6.07, 6.45) is 3.31. The Morgan fingerprint density at radius 1 is 1.06 bits per heavy atom. The molecule has 5 rings (SSSR count). The van der Waals surface area contributed by atoms with Crippen molar-refractivity contribution in [1.82, 2.24) is 19.5 Å². The van der Waals surface area contributed by atoms with Crippen molar-refractivity contribution in [3.63, 3.8) is 0 Å². The highest BCUT2D eigenvalue weighted by Crippen LogP contribution is 2.38. The summed E-state index contributed by atoms with van der Waals surface area (Å²) in [7, 11) is 1.70. The van der Waals surface area contributed by atoms with Gasteiger partial charge in [0.2, 0.25) is 0 Å². The number of nitrogens with zero attached hydrogens (tertiary/aromatic N) is 3. The SMILES string of the molecule is COCCNC(=S)c1c(-c2ccc(C)cc2)c2c3n(c(-c4ccccc4)nn13)CCCC2. The lowest BCUT2D eigenvalue weighted by atomic mass is 9.97. The van der Waals surface area contributed by atoms with Crippen LogP contribution in [0.25, 0.3) is 28.2 Å². The summed E-state index contributed by atoms with van der Waals surface area (Å²) in [5.74, 6) is 1.00. The summed E-state index contributed by atoms with van der Waals surface area (Å²) in [5, 5.41) is 8.52. The Bertz CT molecular complexity index is 1250.